The summed E-state index contributed by atoms with van der Waals surface area (Å²) < 4.78 is 2.81. The first-order valence-electron chi connectivity index (χ1n) is 11.9. The van der Waals surface area contributed by atoms with Gasteiger partial charge >= 0.3 is 5.91 Å². The Morgan fingerprint density at radius 1 is 0.946 bits per heavy atom. The van der Waals surface area contributed by atoms with Crippen LogP contribution in [0.15, 0.2) is 66.4 Å². The number of aliphatic hydroxyl groups excluding tert-OH is 1. The van der Waals surface area contributed by atoms with E-state index in [-0.39, 0.29) is 17.0 Å². The van der Waals surface area contributed by atoms with Crippen LogP contribution in [0.5, 0.6) is 0 Å². The Morgan fingerprint density at radius 3 is 2.43 bits per heavy atom. The second kappa shape index (κ2) is 8.38. The molecule has 1 unspecified atom stereocenters. The van der Waals surface area contributed by atoms with Crippen molar-refractivity contribution in [3.63, 3.8) is 0 Å². The van der Waals surface area contributed by atoms with Gasteiger partial charge in [-0.15, -0.1) is 0 Å². The Kier molecular flexibility index (Phi) is 5.24. The van der Waals surface area contributed by atoms with Crippen molar-refractivity contribution in [3.05, 3.63) is 100 Å². The summed E-state index contributed by atoms with van der Waals surface area (Å²) in [6.07, 6.45) is 1.86. The van der Waals surface area contributed by atoms with Crippen molar-refractivity contribution in [2.24, 2.45) is 0 Å². The third kappa shape index (κ3) is 3.48. The minimum absolute atomic E-state index is 0.00696. The molecular formula is C29H24N4O3S. The number of aromatic nitrogens is 3. The number of aryl methyl sites for hydroxylation is 4. The van der Waals surface area contributed by atoms with E-state index >= 15 is 0 Å². The fourth-order valence-electron chi connectivity index (χ4n) is 5.12. The number of Topliss-reactive ketones (excluding diaryl/α,β-unsaturated/α-hetero) is 1. The van der Waals surface area contributed by atoms with Gasteiger partial charge in [0.05, 0.1) is 27.5 Å². The molecule has 5 aromatic rings. The summed E-state index contributed by atoms with van der Waals surface area (Å²) in [4.78, 5) is 37.9. The van der Waals surface area contributed by atoms with E-state index in [0.29, 0.717) is 22.0 Å². The zero-order valence-electron chi connectivity index (χ0n) is 20.8. The Balaban J connectivity index is 1.60. The van der Waals surface area contributed by atoms with Crippen LogP contribution in [0.2, 0.25) is 0 Å². The standard InChI is InChI=1S/C29H24N4O3S/c1-15-13-17(3)22-20(14-15)37-29(31-22)33-24(19-10-6-5-7-11-19)21(26(35)28(33)36)25(34)23-18(4)32-12-8-9-16(2)27(32)30-23/h5-14,24,34H,1-4H3/b25-21+. The van der Waals surface area contributed by atoms with Gasteiger partial charge < -0.3 is 9.51 Å². The molecule has 0 spiro atoms. The summed E-state index contributed by atoms with van der Waals surface area (Å²) >= 11 is 1.36. The molecule has 1 N–H and O–H groups in total. The molecule has 0 saturated carbocycles. The van der Waals surface area contributed by atoms with Crippen molar-refractivity contribution in [3.8, 4) is 0 Å². The quantitative estimate of drug-likeness (QED) is 0.189. The van der Waals surface area contributed by atoms with E-state index in [1.165, 1.54) is 16.2 Å². The Morgan fingerprint density at radius 2 is 1.70 bits per heavy atom. The number of fused-ring (bicyclic) bond motifs is 2. The second-order valence-electron chi connectivity index (χ2n) is 9.44. The largest absolute Gasteiger partial charge is 0.505 e. The first kappa shape index (κ1) is 23.1. The number of rotatable bonds is 3. The van der Waals surface area contributed by atoms with E-state index in [1.54, 1.807) is 0 Å². The number of amides is 1. The maximum atomic E-state index is 13.6. The molecular weight excluding hydrogens is 484 g/mol. The summed E-state index contributed by atoms with van der Waals surface area (Å²) in [6, 6.07) is 16.3. The number of anilines is 1. The first-order valence-corrected chi connectivity index (χ1v) is 12.8. The molecule has 1 aliphatic rings. The molecule has 3 aromatic heterocycles. The smallest absolute Gasteiger partial charge is 0.301 e. The lowest BCUT2D eigenvalue weighted by atomic mass is 9.96. The highest BCUT2D eigenvalue weighted by molar-refractivity contribution is 7.22. The number of pyridine rings is 1. The van der Waals surface area contributed by atoms with Gasteiger partial charge in [-0.1, -0.05) is 53.8 Å². The molecule has 1 aliphatic heterocycles. The van der Waals surface area contributed by atoms with E-state index in [9.17, 15) is 14.7 Å². The molecule has 1 saturated heterocycles. The lowest BCUT2D eigenvalue weighted by Gasteiger charge is -2.22. The molecule has 1 atom stereocenters. The van der Waals surface area contributed by atoms with E-state index < -0.39 is 17.7 Å². The van der Waals surface area contributed by atoms with Gasteiger partial charge in [0.1, 0.15) is 11.3 Å². The Labute approximate surface area is 217 Å². The van der Waals surface area contributed by atoms with Crippen LogP contribution in [0.1, 0.15) is 39.7 Å². The monoisotopic (exact) mass is 508 g/mol. The fraction of sp³-hybridized carbons (Fsp3) is 0.172. The second-order valence-corrected chi connectivity index (χ2v) is 10.4. The number of ketones is 1. The van der Waals surface area contributed by atoms with Gasteiger partial charge in [0.2, 0.25) is 0 Å². The predicted molar refractivity (Wildman–Crippen MR) is 145 cm³/mol. The van der Waals surface area contributed by atoms with Crippen molar-refractivity contribution >= 4 is 49.8 Å². The minimum atomic E-state index is -0.839. The van der Waals surface area contributed by atoms with Crippen LogP contribution >= 0.6 is 11.3 Å². The van der Waals surface area contributed by atoms with Gasteiger partial charge in [-0.25, -0.2) is 9.97 Å². The third-order valence-corrected chi connectivity index (χ3v) is 7.89. The average Bonchev–Trinajstić information content (AvgIpc) is 3.53. The summed E-state index contributed by atoms with van der Waals surface area (Å²) in [5.74, 6) is -1.77. The first-order chi connectivity index (χ1) is 17.8. The minimum Gasteiger partial charge on any atom is -0.505 e. The van der Waals surface area contributed by atoms with Crippen LogP contribution in [-0.4, -0.2) is 31.2 Å². The number of aliphatic hydroxyl groups is 1. The molecule has 1 fully saturated rings. The van der Waals surface area contributed by atoms with Crippen molar-refractivity contribution in [1.29, 1.82) is 0 Å². The number of thiazole rings is 1. The predicted octanol–water partition coefficient (Wildman–Crippen LogP) is 5.80. The number of nitrogens with zero attached hydrogens (tertiary/aromatic N) is 4. The van der Waals surface area contributed by atoms with Crippen LogP contribution in [0.3, 0.4) is 0 Å². The van der Waals surface area contributed by atoms with Crippen molar-refractivity contribution in [1.82, 2.24) is 14.4 Å². The Hall–Kier alpha value is -4.30. The average molecular weight is 509 g/mol. The number of benzene rings is 2. The lowest BCUT2D eigenvalue weighted by molar-refractivity contribution is -0.132. The highest BCUT2D eigenvalue weighted by Gasteiger charge is 2.48. The molecule has 184 valence electrons. The van der Waals surface area contributed by atoms with E-state index in [0.717, 1.165) is 26.9 Å². The summed E-state index contributed by atoms with van der Waals surface area (Å²) in [5, 5.41) is 12.0. The zero-order valence-corrected chi connectivity index (χ0v) is 21.6. The summed E-state index contributed by atoms with van der Waals surface area (Å²) in [6.45, 7) is 7.77. The van der Waals surface area contributed by atoms with Gasteiger partial charge in [-0.3, -0.25) is 14.5 Å². The highest BCUT2D eigenvalue weighted by Crippen LogP contribution is 2.44. The number of carbonyl (C=O) groups is 2. The highest BCUT2D eigenvalue weighted by atomic mass is 32.1. The molecule has 0 aliphatic carbocycles. The van der Waals surface area contributed by atoms with Gasteiger partial charge in [0.25, 0.3) is 5.78 Å². The van der Waals surface area contributed by atoms with E-state index in [4.69, 9.17) is 4.98 Å². The van der Waals surface area contributed by atoms with Crippen molar-refractivity contribution < 1.29 is 14.7 Å². The molecule has 0 bridgehead atoms. The number of imidazole rings is 1. The molecule has 1 amide bonds. The maximum Gasteiger partial charge on any atom is 0.301 e. The third-order valence-electron chi connectivity index (χ3n) is 6.89. The summed E-state index contributed by atoms with van der Waals surface area (Å²) in [7, 11) is 0. The SMILES string of the molecule is Cc1cc(C)c2nc(N3C(=O)C(=O)/C(=C(/O)c4nc5c(C)cccn5c4C)C3c3ccccc3)sc2c1. The van der Waals surface area contributed by atoms with Crippen molar-refractivity contribution in [2.75, 3.05) is 4.90 Å². The van der Waals surface area contributed by atoms with Crippen LogP contribution in [0.4, 0.5) is 5.13 Å². The summed E-state index contributed by atoms with van der Waals surface area (Å²) in [5.41, 5.74) is 6.19. The van der Waals surface area contributed by atoms with Crippen LogP contribution < -0.4 is 4.90 Å². The zero-order chi connectivity index (χ0) is 26.0. The Bertz CT molecular complexity index is 1780. The van der Waals surface area contributed by atoms with Crippen LogP contribution in [-0.2, 0) is 9.59 Å². The molecule has 0 radical (unpaired) electrons. The van der Waals surface area contributed by atoms with Gasteiger partial charge in [0.15, 0.2) is 10.9 Å². The van der Waals surface area contributed by atoms with E-state index in [1.807, 2.05) is 92.9 Å². The van der Waals surface area contributed by atoms with Gasteiger partial charge in [-0.05, 0) is 62.1 Å². The van der Waals surface area contributed by atoms with Gasteiger partial charge in [-0.2, -0.15) is 0 Å². The van der Waals surface area contributed by atoms with Gasteiger partial charge in [0, 0.05) is 6.20 Å². The van der Waals surface area contributed by atoms with E-state index in [2.05, 4.69) is 4.98 Å². The molecule has 37 heavy (non-hydrogen) atoms. The number of hydrogen-bond donors (Lipinski definition) is 1. The number of hydrogen-bond acceptors (Lipinski definition) is 6. The topological polar surface area (TPSA) is 87.8 Å². The molecule has 7 nitrogen and oxygen atoms in total. The number of carbonyl (C=O) groups excluding carboxylic acids is 2. The van der Waals surface area contributed by atoms with Crippen LogP contribution in [0.25, 0.3) is 21.6 Å². The maximum absolute atomic E-state index is 13.6. The lowest BCUT2D eigenvalue weighted by Crippen LogP contribution is -2.29. The molecule has 6 rings (SSSR count). The molecule has 2 aromatic carbocycles. The fourth-order valence-corrected chi connectivity index (χ4v) is 6.28. The van der Waals surface area contributed by atoms with Crippen LogP contribution in [0, 0.1) is 27.7 Å². The molecule has 8 heteroatoms. The van der Waals surface area contributed by atoms with Crippen molar-refractivity contribution in [2.45, 2.75) is 33.7 Å². The molecule has 4 heterocycles. The normalized spacial score (nSPS) is 17.4.